The van der Waals surface area contributed by atoms with E-state index in [1.54, 1.807) is 0 Å². The van der Waals surface area contributed by atoms with Crippen LogP contribution < -0.4 is 5.32 Å². The minimum atomic E-state index is -1.09. The fourth-order valence-electron chi connectivity index (χ4n) is 1.77. The summed E-state index contributed by atoms with van der Waals surface area (Å²) in [7, 11) is 0. The molecule has 1 aliphatic carbocycles. The predicted octanol–water partition coefficient (Wildman–Crippen LogP) is 0.651. The second-order valence-electron chi connectivity index (χ2n) is 3.80. The first-order valence-corrected chi connectivity index (χ1v) is 5.12. The van der Waals surface area contributed by atoms with Crippen LogP contribution in [-0.2, 0) is 9.59 Å². The molecule has 0 heterocycles. The van der Waals surface area contributed by atoms with Crippen LogP contribution in [0.25, 0.3) is 0 Å². The van der Waals surface area contributed by atoms with Gasteiger partial charge in [0.05, 0.1) is 6.42 Å². The van der Waals surface area contributed by atoms with Crippen LogP contribution in [-0.4, -0.2) is 34.2 Å². The lowest BCUT2D eigenvalue weighted by atomic mass is 9.94. The summed E-state index contributed by atoms with van der Waals surface area (Å²) >= 11 is 0. The van der Waals surface area contributed by atoms with Crippen molar-refractivity contribution in [2.75, 3.05) is 0 Å². The third kappa shape index (κ3) is 4.29. The van der Waals surface area contributed by atoms with Gasteiger partial charge in [-0.2, -0.15) is 0 Å². The standard InChI is InChI=1S/C10H16NO4/c12-9(13)6-8(10(14)15)11-7-4-2-1-3-5-7/h1,7-8,11H,2-6H2,(H,12,13)(H,14,15)/t8-/m0/s1. The Morgan fingerprint density at radius 2 is 1.93 bits per heavy atom. The van der Waals surface area contributed by atoms with Gasteiger partial charge in [-0.15, -0.1) is 0 Å². The van der Waals surface area contributed by atoms with Gasteiger partial charge in [0, 0.05) is 6.04 Å². The van der Waals surface area contributed by atoms with E-state index in [2.05, 4.69) is 11.7 Å². The summed E-state index contributed by atoms with van der Waals surface area (Å²) < 4.78 is 0. The molecule has 1 saturated carbocycles. The second-order valence-corrected chi connectivity index (χ2v) is 3.80. The van der Waals surface area contributed by atoms with E-state index in [9.17, 15) is 9.59 Å². The predicted molar refractivity (Wildman–Crippen MR) is 53.4 cm³/mol. The van der Waals surface area contributed by atoms with Crippen molar-refractivity contribution in [1.29, 1.82) is 0 Å². The topological polar surface area (TPSA) is 86.6 Å². The number of rotatable bonds is 5. The van der Waals surface area contributed by atoms with E-state index in [1.807, 2.05) is 0 Å². The largest absolute Gasteiger partial charge is 0.481 e. The van der Waals surface area contributed by atoms with Gasteiger partial charge in [0.25, 0.3) is 0 Å². The first kappa shape index (κ1) is 12.0. The highest BCUT2D eigenvalue weighted by atomic mass is 16.4. The van der Waals surface area contributed by atoms with Crippen LogP contribution in [0.4, 0.5) is 0 Å². The molecule has 5 nitrogen and oxygen atoms in total. The molecule has 1 aliphatic rings. The van der Waals surface area contributed by atoms with Crippen molar-refractivity contribution in [1.82, 2.24) is 5.32 Å². The van der Waals surface area contributed by atoms with Crippen molar-refractivity contribution in [2.24, 2.45) is 0 Å². The molecule has 0 aliphatic heterocycles. The van der Waals surface area contributed by atoms with E-state index >= 15 is 0 Å². The molecule has 0 aromatic carbocycles. The zero-order chi connectivity index (χ0) is 11.3. The Balaban J connectivity index is 2.42. The van der Waals surface area contributed by atoms with Crippen molar-refractivity contribution < 1.29 is 19.8 Å². The maximum Gasteiger partial charge on any atom is 0.321 e. The summed E-state index contributed by atoms with van der Waals surface area (Å²) in [5.41, 5.74) is 0. The highest BCUT2D eigenvalue weighted by molar-refractivity contribution is 5.80. The SMILES string of the molecule is O=C(O)C[C@H](NC1CC[CH]CC1)C(=O)O. The van der Waals surface area contributed by atoms with E-state index < -0.39 is 18.0 Å². The molecule has 0 aromatic rings. The van der Waals surface area contributed by atoms with Gasteiger partial charge in [0.1, 0.15) is 6.04 Å². The molecule has 1 rings (SSSR count). The fraction of sp³-hybridized carbons (Fsp3) is 0.700. The zero-order valence-electron chi connectivity index (χ0n) is 8.48. The number of aliphatic carboxylic acids is 2. The maximum absolute atomic E-state index is 10.8. The van der Waals surface area contributed by atoms with Crippen LogP contribution in [0.5, 0.6) is 0 Å². The van der Waals surface area contributed by atoms with Gasteiger partial charge in [-0.3, -0.25) is 9.59 Å². The van der Waals surface area contributed by atoms with E-state index in [4.69, 9.17) is 10.2 Å². The number of hydrogen-bond donors (Lipinski definition) is 3. The van der Waals surface area contributed by atoms with Gasteiger partial charge in [0.2, 0.25) is 0 Å². The van der Waals surface area contributed by atoms with Crippen LogP contribution in [0.1, 0.15) is 32.1 Å². The van der Waals surface area contributed by atoms with E-state index in [1.165, 1.54) is 0 Å². The normalized spacial score (nSPS) is 19.7. The Labute approximate surface area is 88.5 Å². The average molecular weight is 214 g/mol. The molecule has 5 heteroatoms. The molecule has 0 aromatic heterocycles. The Kier molecular flexibility index (Phi) is 4.55. The molecule has 1 fully saturated rings. The molecule has 85 valence electrons. The van der Waals surface area contributed by atoms with Gasteiger partial charge in [-0.05, 0) is 32.1 Å². The van der Waals surface area contributed by atoms with Crippen LogP contribution in [0, 0.1) is 6.42 Å². The number of hydrogen-bond acceptors (Lipinski definition) is 3. The van der Waals surface area contributed by atoms with Gasteiger partial charge in [-0.1, -0.05) is 0 Å². The first-order valence-electron chi connectivity index (χ1n) is 5.12. The maximum atomic E-state index is 10.8. The fourth-order valence-corrected chi connectivity index (χ4v) is 1.77. The Bertz CT molecular complexity index is 236. The zero-order valence-corrected chi connectivity index (χ0v) is 8.48. The average Bonchev–Trinajstić information content (AvgIpc) is 2.17. The Morgan fingerprint density at radius 1 is 1.33 bits per heavy atom. The second kappa shape index (κ2) is 5.70. The molecule has 15 heavy (non-hydrogen) atoms. The molecule has 0 amide bonds. The van der Waals surface area contributed by atoms with Gasteiger partial charge in [-0.25, -0.2) is 0 Å². The van der Waals surface area contributed by atoms with Crippen LogP contribution in [0.15, 0.2) is 0 Å². The monoisotopic (exact) mass is 214 g/mol. The molecular weight excluding hydrogens is 198 g/mol. The molecular formula is C10H16NO4. The molecule has 0 unspecified atom stereocenters. The lowest BCUT2D eigenvalue weighted by Gasteiger charge is -2.25. The summed E-state index contributed by atoms with van der Waals surface area (Å²) in [6.07, 6.45) is 5.53. The number of carboxylic acids is 2. The van der Waals surface area contributed by atoms with Crippen molar-refractivity contribution in [3.05, 3.63) is 6.42 Å². The highest BCUT2D eigenvalue weighted by Crippen LogP contribution is 2.17. The third-order valence-electron chi connectivity index (χ3n) is 2.55. The van der Waals surface area contributed by atoms with Crippen LogP contribution in [0.2, 0.25) is 0 Å². The summed E-state index contributed by atoms with van der Waals surface area (Å²) in [6.45, 7) is 0. The van der Waals surface area contributed by atoms with Crippen LogP contribution >= 0.6 is 0 Å². The first-order chi connectivity index (χ1) is 7.09. The molecule has 1 atom stereocenters. The molecule has 0 bridgehead atoms. The smallest absolute Gasteiger partial charge is 0.321 e. The van der Waals surface area contributed by atoms with Crippen molar-refractivity contribution in [3.8, 4) is 0 Å². The molecule has 3 N–H and O–H groups in total. The van der Waals surface area contributed by atoms with Crippen molar-refractivity contribution in [3.63, 3.8) is 0 Å². The lowest BCUT2D eigenvalue weighted by Crippen LogP contribution is -2.45. The summed E-state index contributed by atoms with van der Waals surface area (Å²) in [5.74, 6) is -2.18. The number of carboxylic acid groups (broad SMARTS) is 2. The molecule has 0 spiro atoms. The van der Waals surface area contributed by atoms with Crippen LogP contribution in [0.3, 0.4) is 0 Å². The molecule has 1 radical (unpaired) electrons. The van der Waals surface area contributed by atoms with Crippen molar-refractivity contribution in [2.45, 2.75) is 44.2 Å². The summed E-state index contributed by atoms with van der Waals surface area (Å²) in [5, 5.41) is 20.3. The van der Waals surface area contributed by atoms with Gasteiger partial charge < -0.3 is 15.5 Å². The lowest BCUT2D eigenvalue weighted by molar-refractivity contribution is -0.146. The quantitative estimate of drug-likeness (QED) is 0.625. The Hall–Kier alpha value is -1.10. The van der Waals surface area contributed by atoms with Gasteiger partial charge >= 0.3 is 11.9 Å². The van der Waals surface area contributed by atoms with E-state index in [-0.39, 0.29) is 12.5 Å². The Morgan fingerprint density at radius 3 is 2.40 bits per heavy atom. The minimum Gasteiger partial charge on any atom is -0.481 e. The van der Waals surface area contributed by atoms with Crippen molar-refractivity contribution >= 4 is 11.9 Å². The third-order valence-corrected chi connectivity index (χ3v) is 2.55. The highest BCUT2D eigenvalue weighted by Gasteiger charge is 2.24. The number of carbonyl (C=O) groups is 2. The summed E-state index contributed by atoms with van der Waals surface area (Å²) in [4.78, 5) is 21.2. The van der Waals surface area contributed by atoms with Gasteiger partial charge in [0.15, 0.2) is 0 Å². The van der Waals surface area contributed by atoms with E-state index in [0.29, 0.717) is 0 Å². The number of nitrogens with one attached hydrogen (secondary N) is 1. The minimum absolute atomic E-state index is 0.135. The van der Waals surface area contributed by atoms with E-state index in [0.717, 1.165) is 25.7 Å². The summed E-state index contributed by atoms with van der Waals surface area (Å²) in [6, 6.07) is -0.832. The molecule has 0 saturated heterocycles.